The molecule has 1 aromatic carbocycles. The van der Waals surface area contributed by atoms with Crippen LogP contribution >= 0.6 is 15.9 Å². The molecule has 2 heteroatoms. The lowest BCUT2D eigenvalue weighted by Gasteiger charge is -2.06. The average Bonchev–Trinajstić information content (AvgIpc) is 2.87. The van der Waals surface area contributed by atoms with Crippen LogP contribution in [0.25, 0.3) is 5.57 Å². The molecule has 1 saturated carbocycles. The molecule has 0 unspecified atom stereocenters. The van der Waals surface area contributed by atoms with Gasteiger partial charge in [0.25, 0.3) is 0 Å². The van der Waals surface area contributed by atoms with Gasteiger partial charge in [0.05, 0.1) is 0 Å². The zero-order valence-electron chi connectivity index (χ0n) is 7.69. The standard InChI is InChI=1S/C12H10BrF/c13-12-6-8(14)5-11-9(7-1-2-7)3-4-10(11)12/h3,5-7H,1-2,4H2. The minimum atomic E-state index is -0.135. The van der Waals surface area contributed by atoms with Crippen LogP contribution in [0.1, 0.15) is 24.0 Å². The fourth-order valence-electron chi connectivity index (χ4n) is 2.17. The molecule has 14 heavy (non-hydrogen) atoms. The molecule has 2 aliphatic carbocycles. The molecule has 0 radical (unpaired) electrons. The molecular weight excluding hydrogens is 243 g/mol. The fourth-order valence-corrected chi connectivity index (χ4v) is 2.77. The Morgan fingerprint density at radius 2 is 2.07 bits per heavy atom. The van der Waals surface area contributed by atoms with E-state index in [1.165, 1.54) is 24.0 Å². The van der Waals surface area contributed by atoms with Gasteiger partial charge in [-0.2, -0.15) is 0 Å². The second kappa shape index (κ2) is 2.93. The van der Waals surface area contributed by atoms with Crippen LogP contribution in [0.2, 0.25) is 0 Å². The van der Waals surface area contributed by atoms with Gasteiger partial charge in [0.15, 0.2) is 0 Å². The number of allylic oxidation sites excluding steroid dienone is 2. The van der Waals surface area contributed by atoms with Crippen LogP contribution in [0.3, 0.4) is 0 Å². The van der Waals surface area contributed by atoms with Crippen LogP contribution in [0.15, 0.2) is 22.7 Å². The summed E-state index contributed by atoms with van der Waals surface area (Å²) < 4.78 is 14.1. The molecular formula is C12H10BrF. The summed E-state index contributed by atoms with van der Waals surface area (Å²) in [6.45, 7) is 0. The Kier molecular flexibility index (Phi) is 1.81. The summed E-state index contributed by atoms with van der Waals surface area (Å²) in [4.78, 5) is 0. The molecule has 0 aromatic heterocycles. The van der Waals surface area contributed by atoms with Gasteiger partial charge in [-0.25, -0.2) is 4.39 Å². The highest BCUT2D eigenvalue weighted by molar-refractivity contribution is 9.10. The van der Waals surface area contributed by atoms with Crippen molar-refractivity contribution in [2.45, 2.75) is 19.3 Å². The number of hydrogen-bond donors (Lipinski definition) is 0. The van der Waals surface area contributed by atoms with E-state index in [-0.39, 0.29) is 5.82 Å². The first-order valence-electron chi connectivity index (χ1n) is 4.94. The number of rotatable bonds is 1. The maximum Gasteiger partial charge on any atom is 0.124 e. The van der Waals surface area contributed by atoms with Crippen molar-refractivity contribution in [2.24, 2.45) is 5.92 Å². The van der Waals surface area contributed by atoms with Gasteiger partial charge in [-0.05, 0) is 54.0 Å². The first kappa shape index (κ1) is 8.66. The van der Waals surface area contributed by atoms with Gasteiger partial charge in [0, 0.05) is 4.47 Å². The van der Waals surface area contributed by atoms with Crippen molar-refractivity contribution >= 4 is 21.5 Å². The lowest BCUT2D eigenvalue weighted by Crippen LogP contribution is -1.90. The molecule has 1 fully saturated rings. The lowest BCUT2D eigenvalue weighted by molar-refractivity contribution is 0.626. The van der Waals surface area contributed by atoms with E-state index in [2.05, 4.69) is 22.0 Å². The van der Waals surface area contributed by atoms with Gasteiger partial charge in [-0.15, -0.1) is 0 Å². The van der Waals surface area contributed by atoms with Gasteiger partial charge in [0.1, 0.15) is 5.82 Å². The molecule has 0 heterocycles. The van der Waals surface area contributed by atoms with Gasteiger partial charge in [-0.1, -0.05) is 22.0 Å². The summed E-state index contributed by atoms with van der Waals surface area (Å²) in [6.07, 6.45) is 5.77. The highest BCUT2D eigenvalue weighted by Gasteiger charge is 2.31. The topological polar surface area (TPSA) is 0 Å². The molecule has 0 spiro atoms. The summed E-state index contributed by atoms with van der Waals surface area (Å²) in [5.41, 5.74) is 3.77. The fraction of sp³-hybridized carbons (Fsp3) is 0.333. The highest BCUT2D eigenvalue weighted by Crippen LogP contribution is 2.47. The van der Waals surface area contributed by atoms with Crippen LogP contribution in [0.5, 0.6) is 0 Å². The summed E-state index contributed by atoms with van der Waals surface area (Å²) in [5.74, 6) is 0.578. The van der Waals surface area contributed by atoms with Crippen molar-refractivity contribution in [1.29, 1.82) is 0 Å². The lowest BCUT2D eigenvalue weighted by atomic mass is 10.0. The maximum absolute atomic E-state index is 13.2. The molecule has 72 valence electrons. The summed E-state index contributed by atoms with van der Waals surface area (Å²) in [6, 6.07) is 3.24. The molecule has 0 aliphatic heterocycles. The predicted molar refractivity (Wildman–Crippen MR) is 58.5 cm³/mol. The Balaban J connectivity index is 2.13. The number of fused-ring (bicyclic) bond motifs is 1. The molecule has 0 N–H and O–H groups in total. The zero-order chi connectivity index (χ0) is 9.71. The summed E-state index contributed by atoms with van der Waals surface area (Å²) in [7, 11) is 0. The van der Waals surface area contributed by atoms with Crippen LogP contribution in [0.4, 0.5) is 4.39 Å². The predicted octanol–water partition coefficient (Wildman–Crippen LogP) is 3.94. The van der Waals surface area contributed by atoms with Crippen molar-refractivity contribution in [3.63, 3.8) is 0 Å². The van der Waals surface area contributed by atoms with Crippen LogP contribution in [-0.2, 0) is 6.42 Å². The van der Waals surface area contributed by atoms with Gasteiger partial charge in [0.2, 0.25) is 0 Å². The van der Waals surface area contributed by atoms with Crippen molar-refractivity contribution in [2.75, 3.05) is 0 Å². The van der Waals surface area contributed by atoms with Gasteiger partial charge >= 0.3 is 0 Å². The molecule has 3 rings (SSSR count). The van der Waals surface area contributed by atoms with Crippen molar-refractivity contribution in [3.8, 4) is 0 Å². The van der Waals surface area contributed by atoms with Crippen molar-refractivity contribution in [1.82, 2.24) is 0 Å². The van der Waals surface area contributed by atoms with E-state index in [9.17, 15) is 4.39 Å². The molecule has 0 saturated heterocycles. The Morgan fingerprint density at radius 3 is 2.79 bits per heavy atom. The summed E-state index contributed by atoms with van der Waals surface area (Å²) in [5, 5.41) is 0. The maximum atomic E-state index is 13.2. The number of benzene rings is 1. The smallest absolute Gasteiger partial charge is 0.124 e. The zero-order valence-corrected chi connectivity index (χ0v) is 9.27. The van der Waals surface area contributed by atoms with E-state index in [0.29, 0.717) is 5.92 Å². The van der Waals surface area contributed by atoms with Crippen LogP contribution in [-0.4, -0.2) is 0 Å². The average molecular weight is 253 g/mol. The minimum absolute atomic E-state index is 0.135. The summed E-state index contributed by atoms with van der Waals surface area (Å²) >= 11 is 3.42. The third-order valence-electron chi connectivity index (χ3n) is 3.01. The van der Waals surface area contributed by atoms with E-state index >= 15 is 0 Å². The Labute approximate surface area is 91.0 Å². The molecule has 0 nitrogen and oxygen atoms in total. The van der Waals surface area contributed by atoms with E-state index < -0.39 is 0 Å². The molecule has 0 amide bonds. The normalized spacial score (nSPS) is 19.4. The molecule has 2 aliphatic rings. The third-order valence-corrected chi connectivity index (χ3v) is 3.72. The van der Waals surface area contributed by atoms with Crippen LogP contribution in [0, 0.1) is 11.7 Å². The first-order valence-corrected chi connectivity index (χ1v) is 5.73. The second-order valence-corrected chi connectivity index (χ2v) is 4.91. The van der Waals surface area contributed by atoms with E-state index in [0.717, 1.165) is 16.5 Å². The van der Waals surface area contributed by atoms with Gasteiger partial charge in [-0.3, -0.25) is 0 Å². The monoisotopic (exact) mass is 252 g/mol. The minimum Gasteiger partial charge on any atom is -0.207 e. The van der Waals surface area contributed by atoms with E-state index in [4.69, 9.17) is 0 Å². The van der Waals surface area contributed by atoms with Crippen LogP contribution < -0.4 is 0 Å². The highest BCUT2D eigenvalue weighted by atomic mass is 79.9. The molecule has 0 bridgehead atoms. The largest absolute Gasteiger partial charge is 0.207 e. The third kappa shape index (κ3) is 1.24. The number of halogens is 2. The Morgan fingerprint density at radius 1 is 1.29 bits per heavy atom. The Bertz CT molecular complexity index is 430. The van der Waals surface area contributed by atoms with Crippen molar-refractivity contribution < 1.29 is 4.39 Å². The quantitative estimate of drug-likeness (QED) is 0.711. The van der Waals surface area contributed by atoms with E-state index in [1.807, 2.05) is 0 Å². The SMILES string of the molecule is Fc1cc(Br)c2c(c1)C(C1CC1)=CC2. The van der Waals surface area contributed by atoms with Crippen molar-refractivity contribution in [3.05, 3.63) is 39.6 Å². The molecule has 1 aromatic rings. The Hall–Kier alpha value is -0.630. The number of hydrogen-bond acceptors (Lipinski definition) is 0. The second-order valence-electron chi connectivity index (χ2n) is 4.05. The first-order chi connectivity index (χ1) is 6.75. The van der Waals surface area contributed by atoms with E-state index in [1.54, 1.807) is 12.1 Å². The van der Waals surface area contributed by atoms with Gasteiger partial charge < -0.3 is 0 Å². The molecule has 0 atom stereocenters.